The second-order valence-corrected chi connectivity index (χ2v) is 10.9. The Bertz CT molecular complexity index is 819. The highest BCUT2D eigenvalue weighted by Gasteiger charge is 2.21. The van der Waals surface area contributed by atoms with Crippen LogP contribution in [-0.4, -0.2) is 41.5 Å². The van der Waals surface area contributed by atoms with E-state index in [4.69, 9.17) is 14.2 Å². The van der Waals surface area contributed by atoms with Gasteiger partial charge in [0.05, 0.1) is 27.1 Å². The van der Waals surface area contributed by atoms with Crippen molar-refractivity contribution in [1.29, 1.82) is 0 Å². The number of carbonyl (C=O) groups excluding carboxylic acids is 1. The molecule has 1 rings (SSSR count). The van der Waals surface area contributed by atoms with Crippen molar-refractivity contribution in [1.82, 2.24) is 4.72 Å². The second-order valence-electron chi connectivity index (χ2n) is 9.17. The predicted molar refractivity (Wildman–Crippen MR) is 142 cm³/mol. The highest BCUT2D eigenvalue weighted by Crippen LogP contribution is 2.38. The molecule has 0 bridgehead atoms. The minimum absolute atomic E-state index is 0.0380. The largest absolute Gasteiger partial charge is 0.496 e. The van der Waals surface area contributed by atoms with Crippen LogP contribution in [-0.2, 0) is 10.0 Å². The van der Waals surface area contributed by atoms with Gasteiger partial charge in [-0.3, -0.25) is 0 Å². The van der Waals surface area contributed by atoms with Crippen LogP contribution in [0, 0.1) is 5.92 Å². The van der Waals surface area contributed by atoms with Crippen LogP contribution in [0.1, 0.15) is 90.9 Å². The molecule has 0 heterocycles. The summed E-state index contributed by atoms with van der Waals surface area (Å²) in [5, 5.41) is 2.52. The maximum absolute atomic E-state index is 12.5. The molecule has 0 fully saturated rings. The third-order valence-electron chi connectivity index (χ3n) is 6.01. The van der Waals surface area contributed by atoms with Gasteiger partial charge < -0.3 is 19.5 Å². The Hall–Kier alpha value is -2.16. The van der Waals surface area contributed by atoms with Gasteiger partial charge in [-0.25, -0.2) is 17.9 Å². The van der Waals surface area contributed by atoms with Crippen molar-refractivity contribution in [2.75, 3.05) is 32.4 Å². The van der Waals surface area contributed by atoms with E-state index in [2.05, 4.69) is 17.0 Å². The number of rotatable bonds is 19. The van der Waals surface area contributed by atoms with Crippen molar-refractivity contribution in [2.45, 2.75) is 90.9 Å². The monoisotopic (exact) mass is 514 g/mol. The molecule has 9 heteroatoms. The van der Waals surface area contributed by atoms with Crippen LogP contribution in [0.15, 0.2) is 12.1 Å². The number of carbonyl (C=O) groups is 1. The zero-order chi connectivity index (χ0) is 26.1. The van der Waals surface area contributed by atoms with Crippen LogP contribution in [0.3, 0.4) is 0 Å². The van der Waals surface area contributed by atoms with E-state index in [1.807, 2.05) is 6.92 Å². The first-order valence-corrected chi connectivity index (χ1v) is 14.5. The average molecular weight is 515 g/mol. The van der Waals surface area contributed by atoms with Crippen molar-refractivity contribution in [3.63, 3.8) is 0 Å². The van der Waals surface area contributed by atoms with Gasteiger partial charge in [-0.15, -0.1) is 0 Å². The third-order valence-corrected chi connectivity index (χ3v) is 7.51. The molecule has 1 aromatic carbocycles. The lowest BCUT2D eigenvalue weighted by molar-refractivity contribution is 0.256. The number of methoxy groups -OCH3 is 3. The number of urea groups is 1. The number of anilines is 1. The zero-order valence-corrected chi connectivity index (χ0v) is 23.1. The highest BCUT2D eigenvalue weighted by molar-refractivity contribution is 7.90. The van der Waals surface area contributed by atoms with Gasteiger partial charge in [0.25, 0.3) is 0 Å². The lowest BCUT2D eigenvalue weighted by Gasteiger charge is -2.17. The third kappa shape index (κ3) is 12.9. The lowest BCUT2D eigenvalue weighted by Crippen LogP contribution is -2.37. The molecule has 1 unspecified atom stereocenters. The molecule has 0 saturated carbocycles. The van der Waals surface area contributed by atoms with Gasteiger partial charge in [-0.2, -0.15) is 0 Å². The standard InChI is InChI=1S/C26H46N2O6S/c1-6-7-8-9-10-11-12-13-14-15-16-17-21(2)20-35(30,31)28-26(29)27-25-23(33-4)18-22(32-3)19-24(25)34-5/h18-19,21H,6-17,20H2,1-5H3,(H2,27,28,29). The fourth-order valence-electron chi connectivity index (χ4n) is 4.07. The summed E-state index contributed by atoms with van der Waals surface area (Å²) in [5.74, 6) is 0.921. The van der Waals surface area contributed by atoms with Crippen molar-refractivity contribution in [3.8, 4) is 17.2 Å². The zero-order valence-electron chi connectivity index (χ0n) is 22.3. The summed E-state index contributed by atoms with van der Waals surface area (Å²) in [6.07, 6.45) is 14.7. The van der Waals surface area contributed by atoms with Crippen LogP contribution in [0.2, 0.25) is 0 Å². The first-order valence-electron chi connectivity index (χ1n) is 12.9. The molecule has 2 amide bonds. The maximum atomic E-state index is 12.5. The summed E-state index contributed by atoms with van der Waals surface area (Å²) >= 11 is 0. The summed E-state index contributed by atoms with van der Waals surface area (Å²) in [6, 6.07) is 2.28. The van der Waals surface area contributed by atoms with Gasteiger partial charge in [-0.05, 0) is 12.3 Å². The molecule has 202 valence electrons. The topological polar surface area (TPSA) is 103 Å². The lowest BCUT2D eigenvalue weighted by atomic mass is 10.0. The second kappa shape index (κ2) is 17.3. The van der Waals surface area contributed by atoms with E-state index in [0.29, 0.717) is 17.2 Å². The van der Waals surface area contributed by atoms with E-state index >= 15 is 0 Å². The fourth-order valence-corrected chi connectivity index (χ4v) is 5.40. The van der Waals surface area contributed by atoms with E-state index < -0.39 is 16.1 Å². The quantitative estimate of drug-likeness (QED) is 0.204. The van der Waals surface area contributed by atoms with Gasteiger partial charge in [0.2, 0.25) is 10.0 Å². The van der Waals surface area contributed by atoms with Crippen molar-refractivity contribution < 1.29 is 27.4 Å². The molecule has 2 N–H and O–H groups in total. The number of amides is 2. The predicted octanol–water partition coefficient (Wildman–Crippen LogP) is 6.50. The Morgan fingerprint density at radius 1 is 0.829 bits per heavy atom. The Balaban J connectivity index is 2.37. The Labute approximate surface area is 212 Å². The van der Waals surface area contributed by atoms with Gasteiger partial charge in [0, 0.05) is 12.1 Å². The molecule has 8 nitrogen and oxygen atoms in total. The smallest absolute Gasteiger partial charge is 0.333 e. The number of benzene rings is 1. The number of nitrogens with one attached hydrogen (secondary N) is 2. The maximum Gasteiger partial charge on any atom is 0.333 e. The number of hydrogen-bond acceptors (Lipinski definition) is 6. The summed E-state index contributed by atoms with van der Waals surface area (Å²) in [6.45, 7) is 4.14. The average Bonchev–Trinajstić information content (AvgIpc) is 2.81. The van der Waals surface area contributed by atoms with Crippen LogP contribution in [0.25, 0.3) is 0 Å². The first-order chi connectivity index (χ1) is 16.8. The Morgan fingerprint density at radius 2 is 1.31 bits per heavy atom. The first kappa shape index (κ1) is 30.9. The van der Waals surface area contributed by atoms with Crippen LogP contribution in [0.5, 0.6) is 17.2 Å². The molecule has 0 aromatic heterocycles. The van der Waals surface area contributed by atoms with E-state index in [1.165, 1.54) is 79.1 Å². The van der Waals surface area contributed by atoms with E-state index in [1.54, 1.807) is 12.1 Å². The summed E-state index contributed by atoms with van der Waals surface area (Å²) in [7, 11) is 0.583. The molecule has 0 aliphatic heterocycles. The van der Waals surface area contributed by atoms with E-state index in [0.717, 1.165) is 19.3 Å². The minimum atomic E-state index is -3.78. The summed E-state index contributed by atoms with van der Waals surface area (Å²) in [4.78, 5) is 12.4. The molecule has 0 aliphatic carbocycles. The highest BCUT2D eigenvalue weighted by atomic mass is 32.2. The molecule has 0 saturated heterocycles. The molecular weight excluding hydrogens is 468 g/mol. The van der Waals surface area contributed by atoms with Gasteiger partial charge in [-0.1, -0.05) is 84.5 Å². The van der Waals surface area contributed by atoms with Crippen molar-refractivity contribution >= 4 is 21.7 Å². The number of ether oxygens (including phenoxy) is 3. The van der Waals surface area contributed by atoms with E-state index in [-0.39, 0.29) is 17.4 Å². The number of unbranched alkanes of at least 4 members (excludes halogenated alkanes) is 10. The molecule has 0 radical (unpaired) electrons. The van der Waals surface area contributed by atoms with Crippen LogP contribution < -0.4 is 24.2 Å². The molecule has 35 heavy (non-hydrogen) atoms. The Kier molecular flexibility index (Phi) is 15.3. The SMILES string of the molecule is CCCCCCCCCCCCCC(C)CS(=O)(=O)NC(=O)Nc1c(OC)cc(OC)cc1OC. The molecular formula is C26H46N2O6S. The number of sulfonamides is 1. The Morgan fingerprint density at radius 3 is 1.77 bits per heavy atom. The summed E-state index contributed by atoms with van der Waals surface area (Å²) < 4.78 is 42.8. The number of hydrogen-bond donors (Lipinski definition) is 2. The van der Waals surface area contributed by atoms with Crippen LogP contribution >= 0.6 is 0 Å². The van der Waals surface area contributed by atoms with Gasteiger partial charge >= 0.3 is 6.03 Å². The fraction of sp³-hybridized carbons (Fsp3) is 0.731. The molecule has 1 aromatic rings. The van der Waals surface area contributed by atoms with Gasteiger partial charge in [0.1, 0.15) is 22.9 Å². The van der Waals surface area contributed by atoms with Crippen LogP contribution in [0.4, 0.5) is 10.5 Å². The molecule has 0 aliphatic rings. The van der Waals surface area contributed by atoms with Gasteiger partial charge in [0.15, 0.2) is 0 Å². The summed E-state index contributed by atoms with van der Waals surface area (Å²) in [5.41, 5.74) is 0.220. The van der Waals surface area contributed by atoms with E-state index in [9.17, 15) is 13.2 Å². The normalized spacial score (nSPS) is 12.1. The molecule has 0 spiro atoms. The van der Waals surface area contributed by atoms with Crippen molar-refractivity contribution in [3.05, 3.63) is 12.1 Å². The minimum Gasteiger partial charge on any atom is -0.496 e. The molecule has 1 atom stereocenters. The van der Waals surface area contributed by atoms with Crippen molar-refractivity contribution in [2.24, 2.45) is 5.92 Å².